The van der Waals surface area contributed by atoms with Gasteiger partial charge in [-0.05, 0) is 12.1 Å². The quantitative estimate of drug-likeness (QED) is 0.575. The van der Waals surface area contributed by atoms with Crippen LogP contribution in [0.4, 0.5) is 0 Å². The minimum Gasteiger partial charge on any atom is -0.388 e. The van der Waals surface area contributed by atoms with E-state index in [-0.39, 0.29) is 0 Å². The van der Waals surface area contributed by atoms with Gasteiger partial charge in [0.2, 0.25) is 5.89 Å². The lowest BCUT2D eigenvalue weighted by Crippen LogP contribution is -2.19. The van der Waals surface area contributed by atoms with Gasteiger partial charge >= 0.3 is 5.76 Å². The van der Waals surface area contributed by atoms with Crippen molar-refractivity contribution in [2.45, 2.75) is 6.54 Å². The molecule has 0 atom stereocenters. The molecule has 0 aliphatic rings. The second kappa shape index (κ2) is 5.97. The highest BCUT2D eigenvalue weighted by Crippen LogP contribution is 2.13. The third-order valence-corrected chi connectivity index (χ3v) is 2.31. The van der Waals surface area contributed by atoms with E-state index in [1.165, 1.54) is 4.68 Å². The van der Waals surface area contributed by atoms with Gasteiger partial charge in [0.25, 0.3) is 0 Å². The number of aromatic nitrogens is 2. The first-order valence-corrected chi connectivity index (χ1v) is 5.63. The second-order valence-electron chi connectivity index (χ2n) is 3.63. The van der Waals surface area contributed by atoms with Gasteiger partial charge < -0.3 is 9.15 Å². The van der Waals surface area contributed by atoms with E-state index in [4.69, 9.17) is 9.15 Å². The number of hydrogen-bond acceptors (Lipinski definition) is 4. The first kappa shape index (κ1) is 12.3. The molecule has 0 bridgehead atoms. The van der Waals surface area contributed by atoms with Gasteiger partial charge in [0.15, 0.2) is 0 Å². The van der Waals surface area contributed by atoms with Gasteiger partial charge in [-0.2, -0.15) is 4.68 Å². The van der Waals surface area contributed by atoms with Crippen molar-refractivity contribution in [1.82, 2.24) is 9.78 Å². The van der Waals surface area contributed by atoms with E-state index in [2.05, 4.69) is 11.7 Å². The summed E-state index contributed by atoms with van der Waals surface area (Å²) in [6, 6.07) is 9.29. The Hall–Kier alpha value is -2.14. The topological polar surface area (TPSA) is 57.3 Å². The monoisotopic (exact) mass is 246 g/mol. The Morgan fingerprint density at radius 2 is 2.17 bits per heavy atom. The molecule has 2 rings (SSSR count). The van der Waals surface area contributed by atoms with Crippen LogP contribution < -0.4 is 5.76 Å². The van der Waals surface area contributed by atoms with Crippen molar-refractivity contribution in [3.05, 3.63) is 53.5 Å². The second-order valence-corrected chi connectivity index (χ2v) is 3.63. The van der Waals surface area contributed by atoms with Crippen LogP contribution in [0.3, 0.4) is 0 Å². The third-order valence-electron chi connectivity index (χ3n) is 2.31. The molecular formula is C13H14N2O3. The van der Waals surface area contributed by atoms with Crippen LogP contribution in [-0.4, -0.2) is 23.0 Å². The molecule has 0 amide bonds. The predicted molar refractivity (Wildman–Crippen MR) is 67.2 cm³/mol. The van der Waals surface area contributed by atoms with Crippen molar-refractivity contribution in [2.75, 3.05) is 13.2 Å². The first-order chi connectivity index (χ1) is 8.81. The van der Waals surface area contributed by atoms with Crippen molar-refractivity contribution in [1.29, 1.82) is 0 Å². The Morgan fingerprint density at radius 1 is 1.39 bits per heavy atom. The molecule has 18 heavy (non-hydrogen) atoms. The van der Waals surface area contributed by atoms with Crippen LogP contribution in [0.25, 0.3) is 11.5 Å². The fraction of sp³-hybridized carbons (Fsp3) is 0.231. The van der Waals surface area contributed by atoms with Crippen molar-refractivity contribution < 1.29 is 9.15 Å². The van der Waals surface area contributed by atoms with E-state index in [9.17, 15) is 4.79 Å². The fourth-order valence-electron chi connectivity index (χ4n) is 1.46. The fourth-order valence-corrected chi connectivity index (χ4v) is 1.46. The largest absolute Gasteiger partial charge is 0.437 e. The summed E-state index contributed by atoms with van der Waals surface area (Å²) in [6.45, 7) is 4.76. The Bertz CT molecular complexity index is 557. The zero-order valence-corrected chi connectivity index (χ0v) is 9.91. The van der Waals surface area contributed by atoms with Crippen LogP contribution in [0, 0.1) is 0 Å². The molecule has 0 aliphatic carbocycles. The lowest BCUT2D eigenvalue weighted by atomic mass is 10.2. The Labute approximate surface area is 104 Å². The summed E-state index contributed by atoms with van der Waals surface area (Å²) in [7, 11) is 0. The van der Waals surface area contributed by atoms with E-state index in [0.29, 0.717) is 25.6 Å². The maximum atomic E-state index is 11.5. The van der Waals surface area contributed by atoms with E-state index >= 15 is 0 Å². The van der Waals surface area contributed by atoms with Gasteiger partial charge in [-0.15, -0.1) is 11.7 Å². The molecule has 1 aromatic carbocycles. The van der Waals surface area contributed by atoms with Gasteiger partial charge in [0, 0.05) is 5.56 Å². The zero-order valence-electron chi connectivity index (χ0n) is 9.91. The summed E-state index contributed by atoms with van der Waals surface area (Å²) in [6.07, 6.45) is 1.65. The molecule has 0 fully saturated rings. The molecule has 0 spiro atoms. The maximum Gasteiger partial charge on any atom is 0.437 e. The molecule has 5 heteroatoms. The highest BCUT2D eigenvalue weighted by molar-refractivity contribution is 5.51. The number of rotatable bonds is 6. The number of ether oxygens (including phenoxy) is 1. The normalized spacial score (nSPS) is 10.4. The lowest BCUT2D eigenvalue weighted by molar-refractivity contribution is 0.148. The first-order valence-electron chi connectivity index (χ1n) is 5.63. The van der Waals surface area contributed by atoms with Gasteiger partial charge in [-0.25, -0.2) is 4.79 Å². The van der Waals surface area contributed by atoms with Crippen LogP contribution in [0.15, 0.2) is 52.2 Å². The summed E-state index contributed by atoms with van der Waals surface area (Å²) in [5.41, 5.74) is 0.778. The van der Waals surface area contributed by atoms with Crippen molar-refractivity contribution >= 4 is 0 Å². The van der Waals surface area contributed by atoms with Gasteiger partial charge in [0.05, 0.1) is 19.8 Å². The summed E-state index contributed by atoms with van der Waals surface area (Å²) in [5, 5.41) is 4.11. The van der Waals surface area contributed by atoms with Gasteiger partial charge in [-0.1, -0.05) is 24.3 Å². The van der Waals surface area contributed by atoms with Crippen LogP contribution in [0.1, 0.15) is 0 Å². The standard InChI is InChI=1S/C13H14N2O3/c1-2-9-17-10-8-15-13(16)18-12(14-15)11-6-4-3-5-7-11/h2-7H,1,8-10H2. The molecule has 0 unspecified atom stereocenters. The lowest BCUT2D eigenvalue weighted by Gasteiger charge is -1.98. The van der Waals surface area contributed by atoms with Gasteiger partial charge in [-0.3, -0.25) is 0 Å². The molecule has 0 saturated heterocycles. The third kappa shape index (κ3) is 2.95. The predicted octanol–water partition coefficient (Wildman–Crippen LogP) is 1.71. The number of nitrogens with zero attached hydrogens (tertiary/aromatic N) is 2. The zero-order chi connectivity index (χ0) is 12.8. The van der Waals surface area contributed by atoms with Crippen molar-refractivity contribution in [3.63, 3.8) is 0 Å². The molecule has 0 radical (unpaired) electrons. The molecular weight excluding hydrogens is 232 g/mol. The highest BCUT2D eigenvalue weighted by Gasteiger charge is 2.09. The Kier molecular flexibility index (Phi) is 4.09. The smallest absolute Gasteiger partial charge is 0.388 e. The van der Waals surface area contributed by atoms with Crippen LogP contribution >= 0.6 is 0 Å². The average Bonchev–Trinajstić information content (AvgIpc) is 2.77. The highest BCUT2D eigenvalue weighted by atomic mass is 16.5. The molecule has 0 N–H and O–H groups in total. The van der Waals surface area contributed by atoms with Crippen LogP contribution in [0.5, 0.6) is 0 Å². The van der Waals surface area contributed by atoms with E-state index < -0.39 is 5.76 Å². The van der Waals surface area contributed by atoms with Crippen LogP contribution in [-0.2, 0) is 11.3 Å². The summed E-state index contributed by atoms with van der Waals surface area (Å²) >= 11 is 0. The molecule has 5 nitrogen and oxygen atoms in total. The molecule has 0 aliphatic heterocycles. The van der Waals surface area contributed by atoms with Crippen LogP contribution in [0.2, 0.25) is 0 Å². The van der Waals surface area contributed by atoms with Crippen molar-refractivity contribution in [2.24, 2.45) is 0 Å². The SMILES string of the molecule is C=CCOCCn1nc(-c2ccccc2)oc1=O. The average molecular weight is 246 g/mol. The molecule has 1 heterocycles. The molecule has 1 aromatic heterocycles. The summed E-state index contributed by atoms with van der Waals surface area (Å²) in [4.78, 5) is 11.5. The minimum atomic E-state index is -0.476. The summed E-state index contributed by atoms with van der Waals surface area (Å²) < 4.78 is 11.5. The van der Waals surface area contributed by atoms with E-state index in [1.807, 2.05) is 30.3 Å². The Balaban J connectivity index is 2.08. The summed E-state index contributed by atoms with van der Waals surface area (Å²) in [5.74, 6) is -0.152. The Morgan fingerprint density at radius 3 is 2.89 bits per heavy atom. The van der Waals surface area contributed by atoms with E-state index in [0.717, 1.165) is 5.56 Å². The van der Waals surface area contributed by atoms with Crippen molar-refractivity contribution in [3.8, 4) is 11.5 Å². The number of benzene rings is 1. The number of hydrogen-bond donors (Lipinski definition) is 0. The molecule has 0 saturated carbocycles. The molecule has 94 valence electrons. The maximum absolute atomic E-state index is 11.5. The molecule has 2 aromatic rings. The van der Waals surface area contributed by atoms with Gasteiger partial charge in [0.1, 0.15) is 0 Å². The van der Waals surface area contributed by atoms with E-state index in [1.54, 1.807) is 6.08 Å². The minimum absolute atomic E-state index is 0.323.